The van der Waals surface area contributed by atoms with Crippen LogP contribution in [0.15, 0.2) is 24.3 Å². The zero-order chi connectivity index (χ0) is 22.4. The van der Waals surface area contributed by atoms with Crippen molar-refractivity contribution in [3.05, 3.63) is 24.3 Å². The number of hydrogen-bond donors (Lipinski definition) is 3. The average Bonchev–Trinajstić information content (AvgIpc) is 3.12. The number of hydrogen-bond acceptors (Lipinski definition) is 5. The molecule has 3 N–H and O–H groups in total. The van der Waals surface area contributed by atoms with Crippen molar-refractivity contribution in [2.24, 2.45) is 11.8 Å². The summed E-state index contributed by atoms with van der Waals surface area (Å²) in [7, 11) is 0. The van der Waals surface area contributed by atoms with E-state index in [2.05, 4.69) is 25.7 Å². The first kappa shape index (κ1) is 25.1. The van der Waals surface area contributed by atoms with Crippen molar-refractivity contribution < 1.29 is 29.6 Å². The number of aliphatic carboxylic acids is 1. The van der Waals surface area contributed by atoms with Gasteiger partial charge >= 0.3 is 5.97 Å². The SMILES string of the molecule is C=C(CCCC[C@H]1C[C@H]2OC(C)(C)O[C@H]2[C@@H]1C=CCCCCCC)C(O)(O)C(=O)O. The van der Waals surface area contributed by atoms with E-state index < -0.39 is 17.5 Å². The predicted molar refractivity (Wildman–Crippen MR) is 116 cm³/mol. The molecule has 0 aromatic rings. The molecule has 30 heavy (non-hydrogen) atoms. The van der Waals surface area contributed by atoms with Crippen molar-refractivity contribution in [3.8, 4) is 0 Å². The molecule has 0 spiro atoms. The Bertz CT molecular complexity index is 609. The molecule has 0 bridgehead atoms. The molecule has 1 saturated heterocycles. The van der Waals surface area contributed by atoms with E-state index in [1.165, 1.54) is 25.7 Å². The van der Waals surface area contributed by atoms with Gasteiger partial charge in [-0.05, 0) is 63.9 Å². The first-order chi connectivity index (χ1) is 14.1. The average molecular weight is 425 g/mol. The van der Waals surface area contributed by atoms with Gasteiger partial charge in [-0.3, -0.25) is 0 Å². The molecular weight excluding hydrogens is 384 g/mol. The minimum absolute atomic E-state index is 0.0739. The molecule has 0 unspecified atom stereocenters. The van der Waals surface area contributed by atoms with Crippen LogP contribution in [0.1, 0.15) is 85.0 Å². The molecule has 0 aromatic carbocycles. The zero-order valence-corrected chi connectivity index (χ0v) is 18.8. The smallest absolute Gasteiger partial charge is 0.368 e. The number of allylic oxidation sites excluding steroid dienone is 1. The van der Waals surface area contributed by atoms with Gasteiger partial charge in [0.1, 0.15) is 0 Å². The van der Waals surface area contributed by atoms with Crippen molar-refractivity contribution in [1.82, 2.24) is 0 Å². The summed E-state index contributed by atoms with van der Waals surface area (Å²) in [5.74, 6) is -4.30. The normalized spacial score (nSPS) is 28.2. The summed E-state index contributed by atoms with van der Waals surface area (Å²) in [6.45, 7) is 9.69. The van der Waals surface area contributed by atoms with Gasteiger partial charge in [0.25, 0.3) is 5.79 Å². The second-order valence-electron chi connectivity index (χ2n) is 9.32. The lowest BCUT2D eigenvalue weighted by molar-refractivity contribution is -0.190. The van der Waals surface area contributed by atoms with Crippen LogP contribution < -0.4 is 0 Å². The molecular formula is C24H40O6. The maximum Gasteiger partial charge on any atom is 0.368 e. The largest absolute Gasteiger partial charge is 0.477 e. The Morgan fingerprint density at radius 2 is 1.90 bits per heavy atom. The molecule has 0 radical (unpaired) electrons. The van der Waals surface area contributed by atoms with E-state index in [0.717, 1.165) is 25.7 Å². The van der Waals surface area contributed by atoms with Crippen LogP contribution in [0.4, 0.5) is 0 Å². The molecule has 0 aromatic heterocycles. The fourth-order valence-corrected chi connectivity index (χ4v) is 4.69. The summed E-state index contributed by atoms with van der Waals surface area (Å²) in [4.78, 5) is 10.9. The third-order valence-electron chi connectivity index (χ3n) is 6.36. The van der Waals surface area contributed by atoms with Crippen LogP contribution in [-0.2, 0) is 14.3 Å². The van der Waals surface area contributed by atoms with Gasteiger partial charge in [0, 0.05) is 5.92 Å². The van der Waals surface area contributed by atoms with Crippen molar-refractivity contribution in [1.29, 1.82) is 0 Å². The van der Waals surface area contributed by atoms with Gasteiger partial charge in [-0.1, -0.05) is 51.3 Å². The van der Waals surface area contributed by atoms with E-state index in [1.807, 2.05) is 13.8 Å². The molecule has 0 amide bonds. The third kappa shape index (κ3) is 6.64. The van der Waals surface area contributed by atoms with Gasteiger partial charge < -0.3 is 24.8 Å². The van der Waals surface area contributed by atoms with Gasteiger partial charge in [0.15, 0.2) is 5.79 Å². The van der Waals surface area contributed by atoms with Crippen molar-refractivity contribution >= 4 is 5.97 Å². The fraction of sp³-hybridized carbons (Fsp3) is 0.792. The highest BCUT2D eigenvalue weighted by Crippen LogP contribution is 2.47. The topological polar surface area (TPSA) is 96.2 Å². The Morgan fingerprint density at radius 3 is 2.57 bits per heavy atom. The highest BCUT2D eigenvalue weighted by Gasteiger charge is 2.51. The van der Waals surface area contributed by atoms with Gasteiger partial charge in [-0.25, -0.2) is 4.79 Å². The fourth-order valence-electron chi connectivity index (χ4n) is 4.69. The summed E-state index contributed by atoms with van der Waals surface area (Å²) < 4.78 is 12.3. The van der Waals surface area contributed by atoms with Crippen LogP contribution in [-0.4, -0.2) is 45.1 Å². The number of unbranched alkanes of at least 4 members (excludes halogenated alkanes) is 5. The van der Waals surface area contributed by atoms with Crippen LogP contribution in [0, 0.1) is 11.8 Å². The molecule has 1 heterocycles. The van der Waals surface area contributed by atoms with Crippen LogP contribution in [0.2, 0.25) is 0 Å². The number of carboxylic acid groups (broad SMARTS) is 1. The van der Waals surface area contributed by atoms with Gasteiger partial charge in [0.2, 0.25) is 0 Å². The first-order valence-electron chi connectivity index (χ1n) is 11.5. The Kier molecular flexibility index (Phi) is 9.10. The maximum absolute atomic E-state index is 10.9. The molecule has 1 saturated carbocycles. The van der Waals surface area contributed by atoms with E-state index in [4.69, 9.17) is 14.6 Å². The minimum atomic E-state index is -2.85. The van der Waals surface area contributed by atoms with Crippen LogP contribution in [0.3, 0.4) is 0 Å². The monoisotopic (exact) mass is 424 g/mol. The van der Waals surface area contributed by atoms with E-state index in [-0.39, 0.29) is 24.2 Å². The maximum atomic E-state index is 10.9. The van der Waals surface area contributed by atoms with Crippen LogP contribution >= 0.6 is 0 Å². The zero-order valence-electron chi connectivity index (χ0n) is 18.8. The lowest BCUT2D eigenvalue weighted by atomic mass is 9.88. The van der Waals surface area contributed by atoms with Crippen molar-refractivity contribution in [2.45, 2.75) is 109 Å². The Labute approximate surface area is 181 Å². The summed E-state index contributed by atoms with van der Waals surface area (Å²) in [5, 5.41) is 28.0. The molecule has 2 aliphatic rings. The molecule has 1 aliphatic heterocycles. The molecule has 2 rings (SSSR count). The number of fused-ring (bicyclic) bond motifs is 1. The van der Waals surface area contributed by atoms with E-state index in [1.54, 1.807) is 0 Å². The molecule has 4 atom stereocenters. The third-order valence-corrected chi connectivity index (χ3v) is 6.36. The van der Waals surface area contributed by atoms with Gasteiger partial charge in [-0.2, -0.15) is 0 Å². The Morgan fingerprint density at radius 1 is 1.17 bits per heavy atom. The number of aliphatic hydroxyl groups is 2. The quantitative estimate of drug-likeness (QED) is 0.228. The van der Waals surface area contributed by atoms with Crippen LogP contribution in [0.5, 0.6) is 0 Å². The lowest BCUT2D eigenvalue weighted by Gasteiger charge is -2.25. The highest BCUT2D eigenvalue weighted by atomic mass is 16.8. The second-order valence-corrected chi connectivity index (χ2v) is 9.32. The molecule has 6 nitrogen and oxygen atoms in total. The highest BCUT2D eigenvalue weighted by molar-refractivity contribution is 5.78. The van der Waals surface area contributed by atoms with Gasteiger partial charge in [-0.15, -0.1) is 0 Å². The molecule has 6 heteroatoms. The summed E-state index contributed by atoms with van der Waals surface area (Å²) in [6.07, 6.45) is 14.7. The van der Waals surface area contributed by atoms with E-state index in [9.17, 15) is 15.0 Å². The lowest BCUT2D eigenvalue weighted by Crippen LogP contribution is -2.39. The molecule has 2 fully saturated rings. The first-order valence-corrected chi connectivity index (χ1v) is 11.5. The second kappa shape index (κ2) is 10.9. The predicted octanol–water partition coefficient (Wildman–Crippen LogP) is 4.55. The standard InChI is InChI=1S/C24H40O6/c1-5-6-7-8-9-10-15-19-18(16-20-21(19)30-23(3,4)29-20)14-12-11-13-17(2)24(27,28)22(25)26/h10,15,18-21,27-28H,2,5-9,11-14,16H2,1,3-4H3,(H,25,26)/t18-,19+,20+,21-/m0/s1. The van der Waals surface area contributed by atoms with Crippen molar-refractivity contribution in [3.63, 3.8) is 0 Å². The molecule has 1 aliphatic carbocycles. The number of rotatable bonds is 13. The number of ether oxygens (including phenoxy) is 2. The minimum Gasteiger partial charge on any atom is -0.477 e. The summed E-state index contributed by atoms with van der Waals surface area (Å²) in [5.41, 5.74) is -0.0739. The number of carboxylic acids is 1. The Hall–Kier alpha value is -1.21. The Balaban J connectivity index is 1.86. The van der Waals surface area contributed by atoms with Crippen LogP contribution in [0.25, 0.3) is 0 Å². The summed E-state index contributed by atoms with van der Waals surface area (Å²) in [6, 6.07) is 0. The van der Waals surface area contributed by atoms with E-state index in [0.29, 0.717) is 18.3 Å². The molecule has 172 valence electrons. The summed E-state index contributed by atoms with van der Waals surface area (Å²) >= 11 is 0. The van der Waals surface area contributed by atoms with Crippen molar-refractivity contribution in [2.75, 3.05) is 0 Å². The number of carbonyl (C=O) groups is 1. The van der Waals surface area contributed by atoms with E-state index >= 15 is 0 Å². The van der Waals surface area contributed by atoms with Gasteiger partial charge in [0.05, 0.1) is 12.2 Å².